The molecule has 0 spiro atoms. The van der Waals surface area contributed by atoms with Crippen molar-refractivity contribution in [3.8, 4) is 5.75 Å². The van der Waals surface area contributed by atoms with Crippen molar-refractivity contribution < 1.29 is 14.6 Å². The van der Waals surface area contributed by atoms with Crippen LogP contribution in [0.15, 0.2) is 35.9 Å². The first-order chi connectivity index (χ1) is 8.49. The van der Waals surface area contributed by atoms with Crippen LogP contribution in [0, 0.1) is 0 Å². The summed E-state index contributed by atoms with van der Waals surface area (Å²) in [5.41, 5.74) is 1.27. The number of carbonyl (C=O) groups is 1. The number of anilines is 1. The van der Waals surface area contributed by atoms with Crippen LogP contribution in [0.25, 0.3) is 0 Å². The van der Waals surface area contributed by atoms with Crippen molar-refractivity contribution >= 4 is 11.7 Å². The molecule has 0 aliphatic carbocycles. The van der Waals surface area contributed by atoms with Gasteiger partial charge in [0.25, 0.3) is 0 Å². The van der Waals surface area contributed by atoms with Gasteiger partial charge in [-0.25, -0.2) is 4.79 Å². The lowest BCUT2D eigenvalue weighted by molar-refractivity contribution is -0.132. The minimum atomic E-state index is -0.891. The summed E-state index contributed by atoms with van der Waals surface area (Å²) in [5.74, 6) is -0.0645. The Hall–Kier alpha value is -1.97. The molecule has 0 radical (unpaired) electrons. The van der Waals surface area contributed by atoms with Crippen LogP contribution in [0.1, 0.15) is 20.8 Å². The van der Waals surface area contributed by atoms with E-state index in [-0.39, 0.29) is 6.10 Å². The summed E-state index contributed by atoms with van der Waals surface area (Å²) in [4.78, 5) is 10.6. The Bertz CT molecular complexity index is 421. The van der Waals surface area contributed by atoms with Gasteiger partial charge in [-0.3, -0.25) is 0 Å². The molecule has 0 amide bonds. The summed E-state index contributed by atoms with van der Waals surface area (Å²) in [6.07, 6.45) is 1.80. The largest absolute Gasteiger partial charge is 0.491 e. The first kappa shape index (κ1) is 14.1. The van der Waals surface area contributed by atoms with E-state index < -0.39 is 5.97 Å². The summed E-state index contributed by atoms with van der Waals surface area (Å²) < 4.78 is 5.53. The van der Waals surface area contributed by atoms with Crippen molar-refractivity contribution in [3.05, 3.63) is 35.9 Å². The lowest BCUT2D eigenvalue weighted by Crippen LogP contribution is -2.06. The molecule has 1 rings (SSSR count). The van der Waals surface area contributed by atoms with E-state index in [1.807, 2.05) is 38.1 Å². The maximum Gasteiger partial charge on any atom is 0.331 e. The predicted molar refractivity (Wildman–Crippen MR) is 72.1 cm³/mol. The molecule has 2 N–H and O–H groups in total. The Kier molecular flexibility index (Phi) is 5.24. The number of hydrogen-bond donors (Lipinski definition) is 2. The Balaban J connectivity index is 2.49. The minimum absolute atomic E-state index is 0.157. The molecule has 18 heavy (non-hydrogen) atoms. The molecule has 98 valence electrons. The molecule has 0 atom stereocenters. The van der Waals surface area contributed by atoms with Gasteiger partial charge in [0.15, 0.2) is 0 Å². The van der Waals surface area contributed by atoms with Crippen LogP contribution in [0.4, 0.5) is 5.69 Å². The Morgan fingerprint density at radius 2 is 2.00 bits per heavy atom. The van der Waals surface area contributed by atoms with Gasteiger partial charge >= 0.3 is 5.97 Å². The van der Waals surface area contributed by atoms with Crippen LogP contribution in [-0.4, -0.2) is 23.7 Å². The Labute approximate surface area is 107 Å². The van der Waals surface area contributed by atoms with Gasteiger partial charge in [-0.1, -0.05) is 6.08 Å². The van der Waals surface area contributed by atoms with E-state index in [1.54, 1.807) is 13.0 Å². The fraction of sp³-hybridized carbons (Fsp3) is 0.357. The Morgan fingerprint density at radius 1 is 1.39 bits per heavy atom. The van der Waals surface area contributed by atoms with Gasteiger partial charge in [0.1, 0.15) is 5.75 Å². The van der Waals surface area contributed by atoms with Crippen molar-refractivity contribution in [2.45, 2.75) is 26.9 Å². The second-order valence-electron chi connectivity index (χ2n) is 4.26. The molecule has 0 saturated heterocycles. The third kappa shape index (κ3) is 4.91. The second-order valence-corrected chi connectivity index (χ2v) is 4.26. The quantitative estimate of drug-likeness (QED) is 0.761. The van der Waals surface area contributed by atoms with E-state index in [0.717, 1.165) is 11.4 Å². The molecule has 0 heterocycles. The first-order valence-corrected chi connectivity index (χ1v) is 5.89. The lowest BCUT2D eigenvalue weighted by Gasteiger charge is -2.10. The van der Waals surface area contributed by atoms with E-state index in [2.05, 4.69) is 5.32 Å². The van der Waals surface area contributed by atoms with E-state index in [1.165, 1.54) is 0 Å². The normalized spacial score (nSPS) is 11.4. The number of nitrogens with one attached hydrogen (secondary N) is 1. The van der Waals surface area contributed by atoms with Crippen molar-refractivity contribution in [1.29, 1.82) is 0 Å². The van der Waals surface area contributed by atoms with Gasteiger partial charge in [0.2, 0.25) is 0 Å². The van der Waals surface area contributed by atoms with Gasteiger partial charge in [-0.2, -0.15) is 0 Å². The zero-order valence-electron chi connectivity index (χ0n) is 10.9. The van der Waals surface area contributed by atoms with E-state index in [4.69, 9.17) is 9.84 Å². The molecule has 1 aromatic rings. The highest BCUT2D eigenvalue weighted by atomic mass is 16.5. The maximum absolute atomic E-state index is 10.6. The number of carboxylic acid groups (broad SMARTS) is 1. The smallest absolute Gasteiger partial charge is 0.331 e. The SMILES string of the molecule is C/C(=C/CNc1ccc(OC(C)C)cc1)C(=O)O. The summed E-state index contributed by atoms with van der Waals surface area (Å²) in [6.45, 7) is 6.02. The highest BCUT2D eigenvalue weighted by Crippen LogP contribution is 2.16. The average molecular weight is 249 g/mol. The number of benzene rings is 1. The van der Waals surface area contributed by atoms with E-state index in [0.29, 0.717) is 12.1 Å². The van der Waals surface area contributed by atoms with Crippen molar-refractivity contribution in [3.63, 3.8) is 0 Å². The molecule has 0 saturated carbocycles. The molecule has 1 aromatic carbocycles. The van der Waals surface area contributed by atoms with Gasteiger partial charge in [0, 0.05) is 17.8 Å². The molecule has 0 bridgehead atoms. The second kappa shape index (κ2) is 6.69. The monoisotopic (exact) mass is 249 g/mol. The number of ether oxygens (including phenoxy) is 1. The number of carboxylic acids is 1. The molecule has 4 heteroatoms. The zero-order chi connectivity index (χ0) is 13.5. The predicted octanol–water partition coefficient (Wildman–Crippen LogP) is 2.92. The lowest BCUT2D eigenvalue weighted by atomic mass is 10.2. The molecule has 0 fully saturated rings. The summed E-state index contributed by atoms with van der Waals surface area (Å²) >= 11 is 0. The van der Waals surface area contributed by atoms with E-state index >= 15 is 0 Å². The number of rotatable bonds is 6. The summed E-state index contributed by atoms with van der Waals surface area (Å²) in [6, 6.07) is 7.58. The fourth-order valence-corrected chi connectivity index (χ4v) is 1.33. The van der Waals surface area contributed by atoms with Gasteiger partial charge in [0.05, 0.1) is 6.10 Å². The van der Waals surface area contributed by atoms with Crippen LogP contribution in [0.3, 0.4) is 0 Å². The van der Waals surface area contributed by atoms with Crippen LogP contribution < -0.4 is 10.1 Å². The summed E-state index contributed by atoms with van der Waals surface area (Å²) in [7, 11) is 0. The average Bonchev–Trinajstić information content (AvgIpc) is 2.30. The van der Waals surface area contributed by atoms with Gasteiger partial charge in [-0.05, 0) is 45.0 Å². The molecular weight excluding hydrogens is 230 g/mol. The van der Waals surface area contributed by atoms with Crippen molar-refractivity contribution in [1.82, 2.24) is 0 Å². The molecule has 0 aliphatic heterocycles. The minimum Gasteiger partial charge on any atom is -0.491 e. The molecule has 4 nitrogen and oxygen atoms in total. The molecule has 0 aliphatic rings. The van der Waals surface area contributed by atoms with Crippen LogP contribution in [-0.2, 0) is 4.79 Å². The van der Waals surface area contributed by atoms with Crippen LogP contribution in [0.2, 0.25) is 0 Å². The molecular formula is C14H19NO3. The maximum atomic E-state index is 10.6. The molecule has 0 unspecified atom stereocenters. The van der Waals surface area contributed by atoms with Crippen molar-refractivity contribution in [2.75, 3.05) is 11.9 Å². The van der Waals surface area contributed by atoms with Gasteiger partial charge < -0.3 is 15.2 Å². The van der Waals surface area contributed by atoms with Crippen LogP contribution in [0.5, 0.6) is 5.75 Å². The number of hydrogen-bond acceptors (Lipinski definition) is 3. The van der Waals surface area contributed by atoms with Gasteiger partial charge in [-0.15, -0.1) is 0 Å². The third-order valence-electron chi connectivity index (χ3n) is 2.28. The zero-order valence-corrected chi connectivity index (χ0v) is 10.9. The fourth-order valence-electron chi connectivity index (χ4n) is 1.33. The molecule has 0 aromatic heterocycles. The third-order valence-corrected chi connectivity index (χ3v) is 2.28. The highest BCUT2D eigenvalue weighted by Gasteiger charge is 1.99. The summed E-state index contributed by atoms with van der Waals surface area (Å²) in [5, 5.41) is 11.8. The van der Waals surface area contributed by atoms with E-state index in [9.17, 15) is 4.79 Å². The first-order valence-electron chi connectivity index (χ1n) is 5.89. The highest BCUT2D eigenvalue weighted by molar-refractivity contribution is 5.85. The van der Waals surface area contributed by atoms with Crippen molar-refractivity contribution in [2.24, 2.45) is 0 Å². The Morgan fingerprint density at radius 3 is 2.50 bits per heavy atom. The van der Waals surface area contributed by atoms with Crippen LogP contribution >= 0.6 is 0 Å². The number of aliphatic carboxylic acids is 1. The topological polar surface area (TPSA) is 58.6 Å². The standard InChI is InChI=1S/C14H19NO3/c1-10(2)18-13-6-4-12(5-7-13)15-9-8-11(3)14(16)17/h4-8,10,15H,9H2,1-3H3,(H,16,17)/b11-8-.